The van der Waals surface area contributed by atoms with E-state index in [2.05, 4.69) is 29.6 Å². The quantitative estimate of drug-likeness (QED) is 0.821. The lowest BCUT2D eigenvalue weighted by atomic mass is 9.99. The third kappa shape index (κ3) is 4.18. The van der Waals surface area contributed by atoms with E-state index in [0.717, 1.165) is 24.8 Å². The van der Waals surface area contributed by atoms with Crippen molar-refractivity contribution in [3.05, 3.63) is 71.5 Å². The Bertz CT molecular complexity index is 478. The van der Waals surface area contributed by atoms with Crippen molar-refractivity contribution < 1.29 is 4.39 Å². The summed E-state index contributed by atoms with van der Waals surface area (Å²) < 4.78 is 12.9. The predicted molar refractivity (Wildman–Crippen MR) is 77.6 cm³/mol. The van der Waals surface area contributed by atoms with Crippen LogP contribution in [0.4, 0.5) is 4.39 Å². The van der Waals surface area contributed by atoms with Gasteiger partial charge < -0.3 is 5.32 Å². The molecule has 100 valence electrons. The Morgan fingerprint density at radius 2 is 1.68 bits per heavy atom. The van der Waals surface area contributed by atoms with Crippen molar-refractivity contribution in [3.8, 4) is 0 Å². The summed E-state index contributed by atoms with van der Waals surface area (Å²) in [6.07, 6.45) is 3.25. The van der Waals surface area contributed by atoms with Gasteiger partial charge in [-0.3, -0.25) is 0 Å². The molecule has 2 aromatic carbocycles. The van der Waals surface area contributed by atoms with Gasteiger partial charge in [0.25, 0.3) is 0 Å². The molecule has 0 aliphatic carbocycles. The Morgan fingerprint density at radius 1 is 1.00 bits per heavy atom. The average molecular weight is 257 g/mol. The SMILES string of the molecule is CNC(CCCc1ccccc1)c1ccc(F)cc1. The first-order chi connectivity index (χ1) is 9.29. The molecule has 1 atom stereocenters. The van der Waals surface area contributed by atoms with Crippen LogP contribution in [-0.2, 0) is 6.42 Å². The highest BCUT2D eigenvalue weighted by Gasteiger charge is 2.08. The monoisotopic (exact) mass is 257 g/mol. The molecular weight excluding hydrogens is 237 g/mol. The second-order valence-electron chi connectivity index (χ2n) is 4.77. The Balaban J connectivity index is 1.87. The van der Waals surface area contributed by atoms with E-state index in [-0.39, 0.29) is 5.82 Å². The molecule has 0 aliphatic heterocycles. The van der Waals surface area contributed by atoms with E-state index >= 15 is 0 Å². The van der Waals surface area contributed by atoms with Crippen molar-refractivity contribution in [2.45, 2.75) is 25.3 Å². The van der Waals surface area contributed by atoms with Crippen LogP contribution in [0.25, 0.3) is 0 Å². The van der Waals surface area contributed by atoms with Gasteiger partial charge >= 0.3 is 0 Å². The summed E-state index contributed by atoms with van der Waals surface area (Å²) in [5.41, 5.74) is 2.52. The number of hydrogen-bond donors (Lipinski definition) is 1. The Kier molecular flexibility index (Phi) is 5.10. The molecule has 0 fully saturated rings. The molecule has 0 amide bonds. The van der Waals surface area contributed by atoms with E-state index in [0.29, 0.717) is 6.04 Å². The minimum Gasteiger partial charge on any atom is -0.313 e. The van der Waals surface area contributed by atoms with Gasteiger partial charge in [0.05, 0.1) is 0 Å². The van der Waals surface area contributed by atoms with Gasteiger partial charge in [-0.25, -0.2) is 4.39 Å². The van der Waals surface area contributed by atoms with Gasteiger partial charge in [0.15, 0.2) is 0 Å². The average Bonchev–Trinajstić information content (AvgIpc) is 2.46. The van der Waals surface area contributed by atoms with Crippen LogP contribution in [-0.4, -0.2) is 7.05 Å². The highest BCUT2D eigenvalue weighted by Crippen LogP contribution is 2.19. The number of hydrogen-bond acceptors (Lipinski definition) is 1. The zero-order valence-electron chi connectivity index (χ0n) is 11.3. The van der Waals surface area contributed by atoms with Crippen molar-refractivity contribution in [3.63, 3.8) is 0 Å². The lowest BCUT2D eigenvalue weighted by molar-refractivity contribution is 0.525. The lowest BCUT2D eigenvalue weighted by Crippen LogP contribution is -2.16. The Hall–Kier alpha value is -1.67. The fourth-order valence-corrected chi connectivity index (χ4v) is 2.33. The molecule has 0 bridgehead atoms. The molecular formula is C17H20FN. The van der Waals surface area contributed by atoms with Crippen LogP contribution < -0.4 is 5.32 Å². The molecule has 2 rings (SSSR count). The standard InChI is InChI=1S/C17H20FN/c1-19-17(15-10-12-16(18)13-11-15)9-5-8-14-6-3-2-4-7-14/h2-4,6-7,10-13,17,19H,5,8-9H2,1H3. The molecule has 1 N–H and O–H groups in total. The number of nitrogens with one attached hydrogen (secondary N) is 1. The van der Waals surface area contributed by atoms with Crippen LogP contribution in [0.15, 0.2) is 54.6 Å². The van der Waals surface area contributed by atoms with Crippen molar-refractivity contribution in [2.75, 3.05) is 7.05 Å². The van der Waals surface area contributed by atoms with Crippen molar-refractivity contribution >= 4 is 0 Å². The number of halogens is 1. The number of benzene rings is 2. The van der Waals surface area contributed by atoms with Gasteiger partial charge in [0, 0.05) is 6.04 Å². The van der Waals surface area contributed by atoms with Crippen LogP contribution in [0.3, 0.4) is 0 Å². The van der Waals surface area contributed by atoms with E-state index in [1.807, 2.05) is 25.2 Å². The summed E-state index contributed by atoms with van der Waals surface area (Å²) in [6.45, 7) is 0. The maximum Gasteiger partial charge on any atom is 0.123 e. The normalized spacial score (nSPS) is 12.3. The molecule has 2 heteroatoms. The van der Waals surface area contributed by atoms with E-state index in [9.17, 15) is 4.39 Å². The molecule has 1 unspecified atom stereocenters. The highest BCUT2D eigenvalue weighted by atomic mass is 19.1. The van der Waals surface area contributed by atoms with Gasteiger partial charge in [0.1, 0.15) is 5.82 Å². The van der Waals surface area contributed by atoms with Crippen LogP contribution >= 0.6 is 0 Å². The topological polar surface area (TPSA) is 12.0 Å². The molecule has 0 spiro atoms. The fourth-order valence-electron chi connectivity index (χ4n) is 2.33. The molecule has 1 nitrogen and oxygen atoms in total. The van der Waals surface area contributed by atoms with Crippen molar-refractivity contribution in [1.82, 2.24) is 5.32 Å². The van der Waals surface area contributed by atoms with Gasteiger partial charge in [-0.2, -0.15) is 0 Å². The Morgan fingerprint density at radius 3 is 2.32 bits per heavy atom. The zero-order valence-corrected chi connectivity index (χ0v) is 11.3. The first-order valence-electron chi connectivity index (χ1n) is 6.76. The summed E-state index contributed by atoms with van der Waals surface area (Å²) in [5, 5.41) is 3.30. The summed E-state index contributed by atoms with van der Waals surface area (Å²) in [7, 11) is 1.95. The predicted octanol–water partition coefficient (Wildman–Crippen LogP) is 4.11. The van der Waals surface area contributed by atoms with Crippen LogP contribution in [0, 0.1) is 5.82 Å². The molecule has 0 radical (unpaired) electrons. The molecule has 0 saturated carbocycles. The summed E-state index contributed by atoms with van der Waals surface area (Å²) in [5.74, 6) is -0.178. The minimum atomic E-state index is -0.178. The third-order valence-electron chi connectivity index (χ3n) is 3.42. The number of rotatable bonds is 6. The molecule has 0 heterocycles. The van der Waals surface area contributed by atoms with Gasteiger partial charge in [-0.1, -0.05) is 42.5 Å². The van der Waals surface area contributed by atoms with Crippen LogP contribution in [0.5, 0.6) is 0 Å². The van der Waals surface area contributed by atoms with Gasteiger partial charge in [0.2, 0.25) is 0 Å². The fraction of sp³-hybridized carbons (Fsp3) is 0.294. The summed E-state index contributed by atoms with van der Waals surface area (Å²) in [6, 6.07) is 17.6. The maximum absolute atomic E-state index is 12.9. The molecule has 19 heavy (non-hydrogen) atoms. The van der Waals surface area contributed by atoms with E-state index in [1.54, 1.807) is 0 Å². The largest absolute Gasteiger partial charge is 0.313 e. The minimum absolute atomic E-state index is 0.178. The number of aryl methyl sites for hydroxylation is 1. The molecule has 2 aromatic rings. The van der Waals surface area contributed by atoms with E-state index in [1.165, 1.54) is 17.7 Å². The van der Waals surface area contributed by atoms with Gasteiger partial charge in [-0.05, 0) is 49.6 Å². The molecule has 0 aromatic heterocycles. The second-order valence-corrected chi connectivity index (χ2v) is 4.77. The smallest absolute Gasteiger partial charge is 0.123 e. The van der Waals surface area contributed by atoms with E-state index in [4.69, 9.17) is 0 Å². The second kappa shape index (κ2) is 7.05. The summed E-state index contributed by atoms with van der Waals surface area (Å²) >= 11 is 0. The van der Waals surface area contributed by atoms with Crippen molar-refractivity contribution in [2.24, 2.45) is 0 Å². The Labute approximate surface area is 114 Å². The highest BCUT2D eigenvalue weighted by molar-refractivity contribution is 5.20. The summed E-state index contributed by atoms with van der Waals surface area (Å²) in [4.78, 5) is 0. The first-order valence-corrected chi connectivity index (χ1v) is 6.76. The van der Waals surface area contributed by atoms with E-state index < -0.39 is 0 Å². The third-order valence-corrected chi connectivity index (χ3v) is 3.42. The lowest BCUT2D eigenvalue weighted by Gasteiger charge is -2.16. The van der Waals surface area contributed by atoms with Crippen LogP contribution in [0.2, 0.25) is 0 Å². The molecule has 0 aliphatic rings. The maximum atomic E-state index is 12.9. The zero-order chi connectivity index (χ0) is 13.5. The van der Waals surface area contributed by atoms with Crippen LogP contribution in [0.1, 0.15) is 30.0 Å². The molecule has 0 saturated heterocycles. The van der Waals surface area contributed by atoms with Gasteiger partial charge in [-0.15, -0.1) is 0 Å². The first kappa shape index (κ1) is 13.8. The van der Waals surface area contributed by atoms with Crippen molar-refractivity contribution in [1.29, 1.82) is 0 Å².